The van der Waals surface area contributed by atoms with Gasteiger partial charge in [-0.05, 0) is 24.3 Å². The molecule has 2 aromatic rings. The van der Waals surface area contributed by atoms with Crippen LogP contribution in [0.3, 0.4) is 0 Å². The van der Waals surface area contributed by atoms with Crippen molar-refractivity contribution in [2.45, 2.75) is 6.61 Å². The van der Waals surface area contributed by atoms with Crippen molar-refractivity contribution in [3.05, 3.63) is 36.2 Å². The van der Waals surface area contributed by atoms with Crippen LogP contribution in [0.1, 0.15) is 5.82 Å². The van der Waals surface area contributed by atoms with Crippen molar-refractivity contribution < 1.29 is 14.2 Å². The molecule has 0 spiro atoms. The van der Waals surface area contributed by atoms with Crippen molar-refractivity contribution in [2.24, 2.45) is 0 Å². The number of methoxy groups -OCH3 is 2. The molecule has 0 aliphatic heterocycles. The van der Waals surface area contributed by atoms with Crippen LogP contribution in [0.4, 0.5) is 5.82 Å². The molecule has 100 valence electrons. The molecule has 6 nitrogen and oxygen atoms in total. The number of rotatable bonds is 5. The molecular weight excluding hydrogens is 246 g/mol. The quantitative estimate of drug-likeness (QED) is 0.886. The lowest BCUT2D eigenvalue weighted by Gasteiger charge is -2.07. The van der Waals surface area contributed by atoms with E-state index >= 15 is 0 Å². The third kappa shape index (κ3) is 3.56. The van der Waals surface area contributed by atoms with E-state index in [2.05, 4.69) is 9.97 Å². The summed E-state index contributed by atoms with van der Waals surface area (Å²) in [5, 5.41) is 0. The second-order valence-electron chi connectivity index (χ2n) is 3.76. The Kier molecular flexibility index (Phi) is 4.15. The number of ether oxygens (including phenoxy) is 3. The summed E-state index contributed by atoms with van der Waals surface area (Å²) in [7, 11) is 3.18. The van der Waals surface area contributed by atoms with Gasteiger partial charge in [-0.25, -0.2) is 4.98 Å². The highest BCUT2D eigenvalue weighted by molar-refractivity contribution is 5.37. The smallest absolute Gasteiger partial charge is 0.224 e. The number of hydrogen-bond donors (Lipinski definition) is 1. The SMILES string of the molecule is COCc1nc(N)cc(Oc2ccc(OC)cc2)n1. The summed E-state index contributed by atoms with van der Waals surface area (Å²) in [4.78, 5) is 8.23. The van der Waals surface area contributed by atoms with Gasteiger partial charge >= 0.3 is 0 Å². The van der Waals surface area contributed by atoms with Crippen molar-refractivity contribution in [1.29, 1.82) is 0 Å². The summed E-state index contributed by atoms with van der Waals surface area (Å²) in [6.45, 7) is 0.282. The van der Waals surface area contributed by atoms with Gasteiger partial charge in [-0.1, -0.05) is 0 Å². The predicted octanol–water partition coefficient (Wildman–Crippen LogP) is 2.01. The second kappa shape index (κ2) is 6.01. The van der Waals surface area contributed by atoms with Crippen molar-refractivity contribution in [3.8, 4) is 17.4 Å². The first kappa shape index (κ1) is 13.1. The zero-order chi connectivity index (χ0) is 13.7. The van der Waals surface area contributed by atoms with E-state index in [0.29, 0.717) is 23.3 Å². The average Bonchev–Trinajstić information content (AvgIpc) is 2.39. The first-order valence-corrected chi connectivity index (χ1v) is 5.65. The molecule has 0 unspecified atom stereocenters. The van der Waals surface area contributed by atoms with Gasteiger partial charge in [0.15, 0.2) is 5.82 Å². The fourth-order valence-electron chi connectivity index (χ4n) is 1.50. The standard InChI is InChI=1S/C13H15N3O3/c1-17-8-12-15-11(14)7-13(16-12)19-10-5-3-9(18-2)4-6-10/h3-7H,8H2,1-2H3,(H2,14,15,16). The van der Waals surface area contributed by atoms with Crippen LogP contribution in [-0.4, -0.2) is 24.2 Å². The maximum absolute atomic E-state index is 5.68. The molecule has 0 amide bonds. The van der Waals surface area contributed by atoms with Crippen molar-refractivity contribution in [2.75, 3.05) is 20.0 Å². The number of hydrogen-bond acceptors (Lipinski definition) is 6. The molecule has 0 saturated heterocycles. The van der Waals surface area contributed by atoms with Crippen LogP contribution in [0.15, 0.2) is 30.3 Å². The van der Waals surface area contributed by atoms with E-state index in [4.69, 9.17) is 19.9 Å². The topological polar surface area (TPSA) is 79.5 Å². The van der Waals surface area contributed by atoms with E-state index < -0.39 is 0 Å². The van der Waals surface area contributed by atoms with Crippen LogP contribution < -0.4 is 15.2 Å². The number of benzene rings is 1. The Morgan fingerprint density at radius 2 is 1.74 bits per heavy atom. The first-order chi connectivity index (χ1) is 9.21. The van der Waals surface area contributed by atoms with Crippen LogP contribution in [0.5, 0.6) is 17.4 Å². The summed E-state index contributed by atoms with van der Waals surface area (Å²) in [6.07, 6.45) is 0. The van der Waals surface area contributed by atoms with Crippen LogP contribution in [0.25, 0.3) is 0 Å². The maximum atomic E-state index is 5.68. The zero-order valence-corrected chi connectivity index (χ0v) is 10.8. The molecule has 0 aliphatic carbocycles. The van der Waals surface area contributed by atoms with E-state index in [-0.39, 0.29) is 6.61 Å². The molecule has 0 fully saturated rings. The molecule has 6 heteroatoms. The van der Waals surface area contributed by atoms with Gasteiger partial charge in [0.05, 0.1) is 7.11 Å². The minimum atomic E-state index is 0.282. The minimum absolute atomic E-state index is 0.282. The van der Waals surface area contributed by atoms with Crippen molar-refractivity contribution in [3.63, 3.8) is 0 Å². The number of anilines is 1. The van der Waals surface area contributed by atoms with Crippen molar-refractivity contribution in [1.82, 2.24) is 9.97 Å². The van der Waals surface area contributed by atoms with E-state index in [9.17, 15) is 0 Å². The summed E-state index contributed by atoms with van der Waals surface area (Å²) >= 11 is 0. The molecule has 2 rings (SSSR count). The molecule has 0 aliphatic rings. The summed E-state index contributed by atoms with van der Waals surface area (Å²) in [5.41, 5.74) is 5.68. The Hall–Kier alpha value is -2.34. The first-order valence-electron chi connectivity index (χ1n) is 5.65. The van der Waals surface area contributed by atoms with Crippen LogP contribution in [-0.2, 0) is 11.3 Å². The molecule has 0 saturated carbocycles. The molecule has 0 radical (unpaired) electrons. The molecule has 19 heavy (non-hydrogen) atoms. The van der Waals surface area contributed by atoms with Gasteiger partial charge < -0.3 is 19.9 Å². The number of nitrogens with two attached hydrogens (primary N) is 1. The largest absolute Gasteiger partial charge is 0.497 e. The van der Waals surface area contributed by atoms with Crippen LogP contribution in [0, 0.1) is 0 Å². The Bertz CT molecular complexity index is 543. The summed E-state index contributed by atoms with van der Waals surface area (Å²) in [5.74, 6) is 2.60. The normalized spacial score (nSPS) is 10.2. The molecule has 1 aromatic heterocycles. The highest BCUT2D eigenvalue weighted by atomic mass is 16.5. The summed E-state index contributed by atoms with van der Waals surface area (Å²) in [6, 6.07) is 8.73. The van der Waals surface area contributed by atoms with Gasteiger partial charge in [0, 0.05) is 13.2 Å². The Morgan fingerprint density at radius 1 is 1.05 bits per heavy atom. The Labute approximate surface area is 111 Å². The fourth-order valence-corrected chi connectivity index (χ4v) is 1.50. The van der Waals surface area contributed by atoms with Gasteiger partial charge in [-0.2, -0.15) is 4.98 Å². The van der Waals surface area contributed by atoms with Crippen molar-refractivity contribution >= 4 is 5.82 Å². The second-order valence-corrected chi connectivity index (χ2v) is 3.76. The molecule has 0 bridgehead atoms. The van der Waals surface area contributed by atoms with Gasteiger partial charge in [-0.15, -0.1) is 0 Å². The highest BCUT2D eigenvalue weighted by Crippen LogP contribution is 2.23. The monoisotopic (exact) mass is 261 g/mol. The molecule has 0 atom stereocenters. The maximum Gasteiger partial charge on any atom is 0.224 e. The zero-order valence-electron chi connectivity index (χ0n) is 10.8. The predicted molar refractivity (Wildman–Crippen MR) is 70.2 cm³/mol. The fraction of sp³-hybridized carbons (Fsp3) is 0.231. The lowest BCUT2D eigenvalue weighted by molar-refractivity contribution is 0.177. The van der Waals surface area contributed by atoms with Gasteiger partial charge in [-0.3, -0.25) is 0 Å². The molecular formula is C13H15N3O3. The highest BCUT2D eigenvalue weighted by Gasteiger charge is 2.05. The van der Waals surface area contributed by atoms with Gasteiger partial charge in [0.2, 0.25) is 5.88 Å². The third-order valence-corrected chi connectivity index (χ3v) is 2.32. The number of nitrogen functional groups attached to an aromatic ring is 1. The van der Waals surface area contributed by atoms with Gasteiger partial charge in [0.1, 0.15) is 23.9 Å². The lowest BCUT2D eigenvalue weighted by atomic mass is 10.3. The van der Waals surface area contributed by atoms with Gasteiger partial charge in [0.25, 0.3) is 0 Å². The minimum Gasteiger partial charge on any atom is -0.497 e. The molecule has 1 heterocycles. The molecule has 1 aromatic carbocycles. The Balaban J connectivity index is 2.17. The summed E-state index contributed by atoms with van der Waals surface area (Å²) < 4.78 is 15.6. The molecule has 2 N–H and O–H groups in total. The number of aromatic nitrogens is 2. The van der Waals surface area contributed by atoms with Crippen LogP contribution in [0.2, 0.25) is 0 Å². The number of nitrogens with zero attached hydrogens (tertiary/aromatic N) is 2. The van der Waals surface area contributed by atoms with E-state index in [1.807, 2.05) is 0 Å². The van der Waals surface area contributed by atoms with E-state index in [1.54, 1.807) is 44.6 Å². The van der Waals surface area contributed by atoms with E-state index in [1.165, 1.54) is 0 Å². The van der Waals surface area contributed by atoms with Crippen LogP contribution >= 0.6 is 0 Å². The average molecular weight is 261 g/mol. The lowest BCUT2D eigenvalue weighted by Crippen LogP contribution is -2.02. The van der Waals surface area contributed by atoms with E-state index in [0.717, 1.165) is 5.75 Å². The Morgan fingerprint density at radius 3 is 2.37 bits per heavy atom. The third-order valence-electron chi connectivity index (χ3n) is 2.32.